The Labute approximate surface area is 85.9 Å². The normalized spacial score (nSPS) is 11.1. The summed E-state index contributed by atoms with van der Waals surface area (Å²) in [6, 6.07) is 0. The van der Waals surface area contributed by atoms with Gasteiger partial charge in [-0.15, -0.1) is 0 Å². The average Bonchev–Trinajstić information content (AvgIpc) is 2.30. The minimum atomic E-state index is 0.588. The monoisotopic (exact) mass is 248 g/mol. The fourth-order valence-electron chi connectivity index (χ4n) is 0.930. The zero-order valence-electron chi connectivity index (χ0n) is 7.54. The highest BCUT2D eigenvalue weighted by molar-refractivity contribution is 9.10. The van der Waals surface area contributed by atoms with Crippen molar-refractivity contribution < 1.29 is 0 Å². The van der Waals surface area contributed by atoms with Crippen molar-refractivity contribution in [1.29, 1.82) is 0 Å². The van der Waals surface area contributed by atoms with Crippen LogP contribution < -0.4 is 0 Å². The Morgan fingerprint density at radius 3 is 2.83 bits per heavy atom. The summed E-state index contributed by atoms with van der Waals surface area (Å²) >= 11 is 5.25. The number of halogens is 1. The van der Waals surface area contributed by atoms with Gasteiger partial charge in [-0.25, -0.2) is 4.98 Å². The lowest BCUT2D eigenvalue weighted by molar-refractivity contribution is 0.667. The van der Waals surface area contributed by atoms with Gasteiger partial charge < -0.3 is 4.57 Å². The lowest BCUT2D eigenvalue weighted by Crippen LogP contribution is -1.99. The SMILES string of the molecule is CCn1c(Br)cnc1SC(C)C. The number of rotatable bonds is 3. The number of aromatic nitrogens is 2. The zero-order chi connectivity index (χ0) is 9.14. The van der Waals surface area contributed by atoms with Crippen LogP contribution >= 0.6 is 27.7 Å². The summed E-state index contributed by atoms with van der Waals surface area (Å²) in [5.74, 6) is 0. The lowest BCUT2D eigenvalue weighted by atomic mass is 10.6. The van der Waals surface area contributed by atoms with Crippen LogP contribution in [0.3, 0.4) is 0 Å². The molecule has 0 unspecified atom stereocenters. The first-order chi connectivity index (χ1) is 5.65. The van der Waals surface area contributed by atoms with Gasteiger partial charge in [-0.05, 0) is 22.9 Å². The molecule has 0 fully saturated rings. The van der Waals surface area contributed by atoms with Crippen LogP contribution in [0.5, 0.6) is 0 Å². The van der Waals surface area contributed by atoms with Crippen LogP contribution in [-0.4, -0.2) is 14.8 Å². The van der Waals surface area contributed by atoms with Gasteiger partial charge in [0.2, 0.25) is 0 Å². The first-order valence-corrected chi connectivity index (χ1v) is 5.70. The summed E-state index contributed by atoms with van der Waals surface area (Å²) in [4.78, 5) is 4.31. The van der Waals surface area contributed by atoms with Crippen molar-refractivity contribution in [3.8, 4) is 0 Å². The van der Waals surface area contributed by atoms with Crippen LogP contribution in [0.4, 0.5) is 0 Å². The third-order valence-corrected chi connectivity index (χ3v) is 3.07. The molecule has 0 spiro atoms. The topological polar surface area (TPSA) is 17.8 Å². The fourth-order valence-corrected chi connectivity index (χ4v) is 2.46. The van der Waals surface area contributed by atoms with Crippen LogP contribution in [0.2, 0.25) is 0 Å². The summed E-state index contributed by atoms with van der Waals surface area (Å²) in [5, 5.41) is 1.68. The highest BCUT2D eigenvalue weighted by atomic mass is 79.9. The van der Waals surface area contributed by atoms with Crippen molar-refractivity contribution in [2.24, 2.45) is 0 Å². The first kappa shape index (κ1) is 10.1. The van der Waals surface area contributed by atoms with Crippen molar-refractivity contribution in [3.05, 3.63) is 10.8 Å². The second kappa shape index (κ2) is 4.33. The van der Waals surface area contributed by atoms with E-state index in [1.54, 1.807) is 11.8 Å². The van der Waals surface area contributed by atoms with Crippen LogP contribution in [0, 0.1) is 0 Å². The molecule has 0 aromatic carbocycles. The van der Waals surface area contributed by atoms with E-state index < -0.39 is 0 Å². The molecule has 0 bridgehead atoms. The molecule has 1 heterocycles. The van der Waals surface area contributed by atoms with Crippen molar-refractivity contribution in [2.75, 3.05) is 0 Å². The first-order valence-electron chi connectivity index (χ1n) is 4.02. The summed E-state index contributed by atoms with van der Waals surface area (Å²) < 4.78 is 3.22. The molecule has 0 saturated carbocycles. The Hall–Kier alpha value is 0.0400. The highest BCUT2D eigenvalue weighted by Gasteiger charge is 2.07. The van der Waals surface area contributed by atoms with E-state index in [4.69, 9.17) is 0 Å². The minimum Gasteiger partial charge on any atom is -0.314 e. The Bertz CT molecular complexity index is 258. The predicted molar refractivity (Wildman–Crippen MR) is 56.6 cm³/mol. The van der Waals surface area contributed by atoms with E-state index in [0.29, 0.717) is 5.25 Å². The van der Waals surface area contributed by atoms with Crippen LogP contribution in [0.15, 0.2) is 16.0 Å². The number of thioether (sulfide) groups is 1. The number of hydrogen-bond donors (Lipinski definition) is 0. The van der Waals surface area contributed by atoms with E-state index in [-0.39, 0.29) is 0 Å². The minimum absolute atomic E-state index is 0.588. The summed E-state index contributed by atoms with van der Waals surface area (Å²) in [6.45, 7) is 7.44. The molecule has 12 heavy (non-hydrogen) atoms. The molecule has 4 heteroatoms. The number of nitrogens with zero attached hydrogens (tertiary/aromatic N) is 2. The number of hydrogen-bond acceptors (Lipinski definition) is 2. The highest BCUT2D eigenvalue weighted by Crippen LogP contribution is 2.24. The van der Waals surface area contributed by atoms with Gasteiger partial charge in [0.25, 0.3) is 0 Å². The Kier molecular flexibility index (Phi) is 3.65. The van der Waals surface area contributed by atoms with E-state index in [1.165, 1.54) is 0 Å². The molecule has 0 saturated heterocycles. The van der Waals surface area contributed by atoms with Crippen molar-refractivity contribution in [2.45, 2.75) is 37.7 Å². The summed E-state index contributed by atoms with van der Waals surface area (Å²) in [6.07, 6.45) is 1.86. The Balaban J connectivity index is 2.84. The summed E-state index contributed by atoms with van der Waals surface area (Å²) in [5.41, 5.74) is 0. The van der Waals surface area contributed by atoms with Gasteiger partial charge in [-0.2, -0.15) is 0 Å². The molecule has 1 aromatic rings. The average molecular weight is 249 g/mol. The van der Waals surface area contributed by atoms with Crippen LogP contribution in [0.1, 0.15) is 20.8 Å². The zero-order valence-corrected chi connectivity index (χ0v) is 9.94. The van der Waals surface area contributed by atoms with Crippen molar-refractivity contribution in [1.82, 2.24) is 9.55 Å². The molecule has 0 N–H and O–H groups in total. The van der Waals surface area contributed by atoms with Gasteiger partial charge in [0.15, 0.2) is 5.16 Å². The molecule has 0 aliphatic heterocycles. The van der Waals surface area contributed by atoms with E-state index >= 15 is 0 Å². The molecule has 0 aliphatic rings. The van der Waals surface area contributed by atoms with Crippen LogP contribution in [-0.2, 0) is 6.54 Å². The molecule has 1 rings (SSSR count). The van der Waals surface area contributed by atoms with E-state index in [9.17, 15) is 0 Å². The quantitative estimate of drug-likeness (QED) is 0.766. The molecule has 1 aromatic heterocycles. The molecule has 0 aliphatic carbocycles. The van der Waals surface area contributed by atoms with Gasteiger partial charge in [-0.3, -0.25) is 0 Å². The van der Waals surface area contributed by atoms with E-state index in [1.807, 2.05) is 6.20 Å². The third kappa shape index (κ3) is 2.26. The molecular weight excluding hydrogens is 236 g/mol. The molecular formula is C8H13BrN2S. The molecule has 0 radical (unpaired) electrons. The standard InChI is InChI=1S/C8H13BrN2S/c1-4-11-7(9)5-10-8(11)12-6(2)3/h5-6H,4H2,1-3H3. The second-order valence-corrected chi connectivity index (χ2v) is 5.13. The smallest absolute Gasteiger partial charge is 0.169 e. The maximum atomic E-state index is 4.31. The second-order valence-electron chi connectivity index (χ2n) is 2.77. The molecule has 0 amide bonds. The Morgan fingerprint density at radius 1 is 1.67 bits per heavy atom. The van der Waals surface area contributed by atoms with Gasteiger partial charge in [0, 0.05) is 11.8 Å². The third-order valence-electron chi connectivity index (χ3n) is 1.43. The fraction of sp³-hybridized carbons (Fsp3) is 0.625. The van der Waals surface area contributed by atoms with Gasteiger partial charge in [-0.1, -0.05) is 25.6 Å². The van der Waals surface area contributed by atoms with Gasteiger partial charge in [0.05, 0.1) is 6.20 Å². The molecule has 0 atom stereocenters. The van der Waals surface area contributed by atoms with Gasteiger partial charge >= 0.3 is 0 Å². The summed E-state index contributed by atoms with van der Waals surface area (Å²) in [7, 11) is 0. The van der Waals surface area contributed by atoms with Crippen molar-refractivity contribution in [3.63, 3.8) is 0 Å². The number of imidazole rings is 1. The van der Waals surface area contributed by atoms with Crippen LogP contribution in [0.25, 0.3) is 0 Å². The van der Waals surface area contributed by atoms with Gasteiger partial charge in [0.1, 0.15) is 4.60 Å². The predicted octanol–water partition coefficient (Wildman–Crippen LogP) is 3.17. The largest absolute Gasteiger partial charge is 0.314 e. The Morgan fingerprint density at radius 2 is 2.33 bits per heavy atom. The van der Waals surface area contributed by atoms with E-state index in [0.717, 1.165) is 16.3 Å². The maximum Gasteiger partial charge on any atom is 0.169 e. The van der Waals surface area contributed by atoms with Crippen molar-refractivity contribution >= 4 is 27.7 Å². The molecule has 2 nitrogen and oxygen atoms in total. The lowest BCUT2D eigenvalue weighted by Gasteiger charge is -2.06. The maximum absolute atomic E-state index is 4.31. The van der Waals surface area contributed by atoms with E-state index in [2.05, 4.69) is 46.3 Å². The molecule has 68 valence electrons.